The Labute approximate surface area is 129 Å². The van der Waals surface area contributed by atoms with Crippen molar-refractivity contribution in [3.05, 3.63) is 35.9 Å². The van der Waals surface area contributed by atoms with E-state index in [2.05, 4.69) is 18.7 Å². The van der Waals surface area contributed by atoms with Crippen LogP contribution in [-0.2, 0) is 9.47 Å². The van der Waals surface area contributed by atoms with Crippen molar-refractivity contribution in [3.8, 4) is 0 Å². The molecular formula is C17H20N2O3. The number of methoxy groups -OCH3 is 1. The monoisotopic (exact) mass is 300 g/mol. The van der Waals surface area contributed by atoms with Crippen LogP contribution in [0.4, 0.5) is 5.82 Å². The Bertz CT molecular complexity index is 712. The molecule has 0 amide bonds. The number of rotatable bonds is 2. The standard InChI is InChI=1S/C17H20N2O3/c1-17(2)11-22-9-8-19(17)15-7-5-12-10-13(16(20)21-3)4-6-14(12)18-15/h4-7,10H,8-9,11H2,1-3H3. The van der Waals surface area contributed by atoms with Crippen LogP contribution in [0, 0.1) is 0 Å². The van der Waals surface area contributed by atoms with Gasteiger partial charge in [-0.15, -0.1) is 0 Å². The van der Waals surface area contributed by atoms with Gasteiger partial charge in [0.25, 0.3) is 0 Å². The quantitative estimate of drug-likeness (QED) is 0.798. The number of carbonyl (C=O) groups excluding carboxylic acids is 1. The largest absolute Gasteiger partial charge is 0.465 e. The van der Waals surface area contributed by atoms with Crippen LogP contribution in [0.1, 0.15) is 24.2 Å². The van der Waals surface area contributed by atoms with E-state index < -0.39 is 0 Å². The first-order valence-electron chi connectivity index (χ1n) is 7.36. The predicted octanol–water partition coefficient (Wildman–Crippen LogP) is 2.64. The molecule has 0 unspecified atom stereocenters. The zero-order chi connectivity index (χ0) is 15.7. The number of nitrogens with zero attached hydrogens (tertiary/aromatic N) is 2. The Morgan fingerprint density at radius 1 is 1.32 bits per heavy atom. The molecule has 5 nitrogen and oxygen atoms in total. The Kier molecular flexibility index (Phi) is 3.74. The van der Waals surface area contributed by atoms with Crippen molar-refractivity contribution in [3.63, 3.8) is 0 Å². The average Bonchev–Trinajstić information content (AvgIpc) is 2.52. The van der Waals surface area contributed by atoms with Gasteiger partial charge in [-0.3, -0.25) is 0 Å². The summed E-state index contributed by atoms with van der Waals surface area (Å²) in [6, 6.07) is 9.41. The minimum atomic E-state index is -0.333. The van der Waals surface area contributed by atoms with Crippen molar-refractivity contribution in [2.75, 3.05) is 31.8 Å². The number of ether oxygens (including phenoxy) is 2. The van der Waals surface area contributed by atoms with Crippen LogP contribution in [-0.4, -0.2) is 43.4 Å². The average molecular weight is 300 g/mol. The molecule has 2 aromatic rings. The third-order valence-electron chi connectivity index (χ3n) is 4.02. The fraction of sp³-hybridized carbons (Fsp3) is 0.412. The second-order valence-corrected chi connectivity index (χ2v) is 6.09. The molecule has 1 fully saturated rings. The maximum absolute atomic E-state index is 11.6. The fourth-order valence-corrected chi connectivity index (χ4v) is 2.79. The van der Waals surface area contributed by atoms with Crippen molar-refractivity contribution >= 4 is 22.7 Å². The van der Waals surface area contributed by atoms with Crippen LogP contribution in [0.15, 0.2) is 30.3 Å². The molecule has 1 aromatic carbocycles. The Balaban J connectivity index is 1.98. The van der Waals surface area contributed by atoms with Crippen molar-refractivity contribution in [1.82, 2.24) is 4.98 Å². The first-order valence-corrected chi connectivity index (χ1v) is 7.36. The van der Waals surface area contributed by atoms with Crippen LogP contribution >= 0.6 is 0 Å². The van der Waals surface area contributed by atoms with E-state index in [1.807, 2.05) is 24.3 Å². The Hall–Kier alpha value is -2.14. The van der Waals surface area contributed by atoms with Gasteiger partial charge in [0.1, 0.15) is 5.82 Å². The molecule has 22 heavy (non-hydrogen) atoms. The highest BCUT2D eigenvalue weighted by Gasteiger charge is 2.31. The molecule has 0 atom stereocenters. The molecule has 0 bridgehead atoms. The third-order valence-corrected chi connectivity index (χ3v) is 4.02. The lowest BCUT2D eigenvalue weighted by Crippen LogP contribution is -2.53. The van der Waals surface area contributed by atoms with Gasteiger partial charge in [-0.05, 0) is 44.2 Å². The summed E-state index contributed by atoms with van der Waals surface area (Å²) in [5.74, 6) is 0.604. The van der Waals surface area contributed by atoms with E-state index in [-0.39, 0.29) is 11.5 Å². The van der Waals surface area contributed by atoms with Gasteiger partial charge in [-0.1, -0.05) is 0 Å². The maximum atomic E-state index is 11.6. The Morgan fingerprint density at radius 3 is 2.86 bits per heavy atom. The van der Waals surface area contributed by atoms with Gasteiger partial charge in [0.15, 0.2) is 0 Å². The second kappa shape index (κ2) is 5.57. The van der Waals surface area contributed by atoms with E-state index in [1.54, 1.807) is 6.07 Å². The highest BCUT2D eigenvalue weighted by molar-refractivity contribution is 5.94. The van der Waals surface area contributed by atoms with Crippen LogP contribution < -0.4 is 4.90 Å². The molecule has 0 spiro atoms. The number of hydrogen-bond donors (Lipinski definition) is 0. The summed E-state index contributed by atoms with van der Waals surface area (Å²) in [6.07, 6.45) is 0. The fourth-order valence-electron chi connectivity index (χ4n) is 2.79. The van der Waals surface area contributed by atoms with Gasteiger partial charge in [-0.25, -0.2) is 9.78 Å². The van der Waals surface area contributed by atoms with E-state index in [9.17, 15) is 4.79 Å². The van der Waals surface area contributed by atoms with Gasteiger partial charge in [0.2, 0.25) is 0 Å². The number of esters is 1. The van der Waals surface area contributed by atoms with Crippen molar-refractivity contribution in [2.24, 2.45) is 0 Å². The van der Waals surface area contributed by atoms with E-state index in [4.69, 9.17) is 14.5 Å². The SMILES string of the molecule is COC(=O)c1ccc2nc(N3CCOCC3(C)C)ccc2c1. The summed E-state index contributed by atoms with van der Waals surface area (Å²) in [5, 5.41) is 0.928. The molecule has 0 N–H and O–H groups in total. The molecule has 1 aromatic heterocycles. The molecule has 0 saturated carbocycles. The first-order chi connectivity index (χ1) is 10.5. The lowest BCUT2D eigenvalue weighted by molar-refractivity contribution is 0.0601. The number of anilines is 1. The predicted molar refractivity (Wildman–Crippen MR) is 85.3 cm³/mol. The lowest BCUT2D eigenvalue weighted by Gasteiger charge is -2.43. The number of benzene rings is 1. The highest BCUT2D eigenvalue weighted by atomic mass is 16.5. The van der Waals surface area contributed by atoms with Gasteiger partial charge < -0.3 is 14.4 Å². The minimum absolute atomic E-state index is 0.0785. The maximum Gasteiger partial charge on any atom is 0.337 e. The molecular weight excluding hydrogens is 280 g/mol. The topological polar surface area (TPSA) is 51.7 Å². The van der Waals surface area contributed by atoms with E-state index in [1.165, 1.54) is 7.11 Å². The summed E-state index contributed by atoms with van der Waals surface area (Å²) >= 11 is 0. The molecule has 2 heterocycles. The normalized spacial score (nSPS) is 17.5. The molecule has 1 saturated heterocycles. The molecule has 0 radical (unpaired) electrons. The zero-order valence-electron chi connectivity index (χ0n) is 13.1. The van der Waals surface area contributed by atoms with Crippen molar-refractivity contribution < 1.29 is 14.3 Å². The number of pyridine rings is 1. The summed E-state index contributed by atoms with van der Waals surface area (Å²) < 4.78 is 10.3. The van der Waals surface area contributed by atoms with E-state index in [0.29, 0.717) is 18.8 Å². The molecule has 1 aliphatic heterocycles. The number of carbonyl (C=O) groups is 1. The van der Waals surface area contributed by atoms with Gasteiger partial charge in [-0.2, -0.15) is 0 Å². The highest BCUT2D eigenvalue weighted by Crippen LogP contribution is 2.27. The third kappa shape index (κ3) is 2.64. The summed E-state index contributed by atoms with van der Waals surface area (Å²) in [7, 11) is 1.38. The smallest absolute Gasteiger partial charge is 0.337 e. The summed E-state index contributed by atoms with van der Waals surface area (Å²) in [5.41, 5.74) is 1.33. The zero-order valence-corrected chi connectivity index (χ0v) is 13.1. The Morgan fingerprint density at radius 2 is 2.14 bits per heavy atom. The second-order valence-electron chi connectivity index (χ2n) is 6.09. The molecule has 3 rings (SSSR count). The molecule has 0 aliphatic carbocycles. The number of morpholine rings is 1. The lowest BCUT2D eigenvalue weighted by atomic mass is 10.0. The number of hydrogen-bond acceptors (Lipinski definition) is 5. The molecule has 5 heteroatoms. The van der Waals surface area contributed by atoms with Gasteiger partial charge >= 0.3 is 5.97 Å². The van der Waals surface area contributed by atoms with Crippen molar-refractivity contribution in [2.45, 2.75) is 19.4 Å². The summed E-state index contributed by atoms with van der Waals surface area (Å²) in [6.45, 7) is 6.53. The minimum Gasteiger partial charge on any atom is -0.465 e. The van der Waals surface area contributed by atoms with Crippen molar-refractivity contribution in [1.29, 1.82) is 0 Å². The molecule has 116 valence electrons. The van der Waals surface area contributed by atoms with E-state index >= 15 is 0 Å². The van der Waals surface area contributed by atoms with Gasteiger partial charge in [0.05, 0.1) is 36.9 Å². The number of aromatic nitrogens is 1. The molecule has 1 aliphatic rings. The first kappa shape index (κ1) is 14.8. The number of fused-ring (bicyclic) bond motifs is 1. The van der Waals surface area contributed by atoms with Crippen LogP contribution in [0.3, 0.4) is 0 Å². The van der Waals surface area contributed by atoms with Gasteiger partial charge in [0, 0.05) is 11.9 Å². The van der Waals surface area contributed by atoms with Crippen LogP contribution in [0.25, 0.3) is 10.9 Å². The van der Waals surface area contributed by atoms with Crippen LogP contribution in [0.5, 0.6) is 0 Å². The summed E-state index contributed by atoms with van der Waals surface area (Å²) in [4.78, 5) is 18.6. The van der Waals surface area contributed by atoms with E-state index in [0.717, 1.165) is 23.3 Å². The van der Waals surface area contributed by atoms with Crippen LogP contribution in [0.2, 0.25) is 0 Å².